The molecule has 0 spiro atoms. The lowest BCUT2D eigenvalue weighted by molar-refractivity contribution is -0.369. The van der Waals surface area contributed by atoms with Crippen LogP contribution in [0.25, 0.3) is 0 Å². The van der Waals surface area contributed by atoms with Crippen molar-refractivity contribution in [2.75, 3.05) is 26.4 Å². The van der Waals surface area contributed by atoms with Crippen LogP contribution in [0.2, 0.25) is 0 Å². The molecule has 15 atom stereocenters. The van der Waals surface area contributed by atoms with E-state index in [1.54, 1.807) is 152 Å². The van der Waals surface area contributed by atoms with Crippen LogP contribution in [0.5, 0.6) is 0 Å². The Kier molecular flexibility index (Phi) is 28.5. The van der Waals surface area contributed by atoms with Crippen LogP contribution in [0.4, 0.5) is 4.79 Å². The number of alkyl halides is 3. The maximum Gasteiger partial charge on any atom is 0.407 e. The molecule has 9 aromatic carbocycles. The van der Waals surface area contributed by atoms with Gasteiger partial charge < -0.3 is 81.5 Å². The Bertz CT molecular complexity index is 4460. The fourth-order valence-corrected chi connectivity index (χ4v) is 12.6. The molecule has 12 rings (SSSR count). The lowest BCUT2D eigenvalue weighted by Gasteiger charge is -2.51. The molecule has 3 fully saturated rings. The van der Waals surface area contributed by atoms with Gasteiger partial charge in [0.2, 0.25) is 3.79 Å². The number of hydrogen-bond acceptors (Lipinski definition) is 23. The molecule has 111 heavy (non-hydrogen) atoms. The van der Waals surface area contributed by atoms with E-state index in [-0.39, 0.29) is 59.8 Å². The molecule has 0 saturated carbocycles. The summed E-state index contributed by atoms with van der Waals surface area (Å²) in [6.07, 6.45) is -27.2. The molecule has 576 valence electrons. The molecule has 3 saturated heterocycles. The Hall–Kier alpha value is -10.4. The van der Waals surface area contributed by atoms with Crippen molar-refractivity contribution < 1.29 is 110 Å². The minimum Gasteiger partial charge on any atom is -0.459 e. The third-order valence-corrected chi connectivity index (χ3v) is 18.2. The highest BCUT2D eigenvalue weighted by molar-refractivity contribution is 6.67. The van der Waals surface area contributed by atoms with Crippen LogP contribution in [-0.2, 0) is 90.9 Å². The van der Waals surface area contributed by atoms with E-state index < -0.39 is 158 Å². The van der Waals surface area contributed by atoms with Crippen molar-refractivity contribution in [1.29, 1.82) is 0 Å². The molecule has 9 aromatic rings. The van der Waals surface area contributed by atoms with Crippen molar-refractivity contribution in [3.8, 4) is 0 Å². The van der Waals surface area contributed by atoms with E-state index in [1.165, 1.54) is 72.8 Å². The maximum absolute atomic E-state index is 15.4. The number of rotatable bonds is 30. The second-order valence-corrected chi connectivity index (χ2v) is 28.1. The van der Waals surface area contributed by atoms with Gasteiger partial charge in [0, 0.05) is 0 Å². The number of esters is 6. The Morgan fingerprint density at radius 2 is 0.667 bits per heavy atom. The smallest absolute Gasteiger partial charge is 0.407 e. The molecular weight excluding hydrogens is 1500 g/mol. The van der Waals surface area contributed by atoms with Crippen LogP contribution in [0.3, 0.4) is 0 Å². The third kappa shape index (κ3) is 22.4. The highest BCUT2D eigenvalue weighted by Crippen LogP contribution is 2.39. The van der Waals surface area contributed by atoms with Crippen molar-refractivity contribution in [1.82, 2.24) is 5.32 Å². The Labute approximate surface area is 653 Å². The first kappa shape index (κ1) is 80.1. The summed E-state index contributed by atoms with van der Waals surface area (Å²) in [7, 11) is 0. The molecule has 3 aliphatic rings. The number of aliphatic hydroxyl groups excluding tert-OH is 1. The van der Waals surface area contributed by atoms with Gasteiger partial charge in [-0.25, -0.2) is 33.6 Å². The summed E-state index contributed by atoms with van der Waals surface area (Å²) in [6, 6.07) is 71.2. The first-order chi connectivity index (χ1) is 54.0. The number of ether oxygens (including phenoxy) is 15. The van der Waals surface area contributed by atoms with Crippen LogP contribution in [0.15, 0.2) is 273 Å². The van der Waals surface area contributed by atoms with E-state index in [1.807, 2.05) is 48.5 Å². The summed E-state index contributed by atoms with van der Waals surface area (Å²) < 4.78 is 96.4. The van der Waals surface area contributed by atoms with Gasteiger partial charge in [-0.3, -0.25) is 0 Å². The Morgan fingerprint density at radius 3 is 1.09 bits per heavy atom. The average Bonchev–Trinajstić information content (AvgIpc) is 0.747. The minimum absolute atomic E-state index is 0.00908. The van der Waals surface area contributed by atoms with E-state index in [0.29, 0.717) is 11.1 Å². The van der Waals surface area contributed by atoms with Crippen molar-refractivity contribution >= 4 is 76.7 Å². The third-order valence-electron chi connectivity index (χ3n) is 17.8. The number of carbonyl (C=O) groups excluding carboxylic acids is 7. The van der Waals surface area contributed by atoms with E-state index in [9.17, 15) is 29.1 Å². The molecule has 3 heterocycles. The first-order valence-electron chi connectivity index (χ1n) is 35.3. The number of amides is 1. The molecule has 0 bridgehead atoms. The summed E-state index contributed by atoms with van der Waals surface area (Å²) >= 11 is 18.7. The molecule has 1 amide bonds. The molecule has 24 nitrogen and oxygen atoms in total. The van der Waals surface area contributed by atoms with Crippen molar-refractivity contribution in [3.05, 3.63) is 323 Å². The van der Waals surface area contributed by atoms with Gasteiger partial charge in [-0.2, -0.15) is 0 Å². The number of benzene rings is 9. The monoisotopic (exact) mass is 1570 g/mol. The van der Waals surface area contributed by atoms with Gasteiger partial charge in [-0.05, 0) is 89.5 Å². The molecule has 2 N–H and O–H groups in total. The Morgan fingerprint density at radius 1 is 0.333 bits per heavy atom. The average molecular weight is 1570 g/mol. The SMILES string of the molecule is O=C(N[C@H]1[C@H](O[C@@H]2[C@@H](OCc3ccccc3)[C@H](O)O[C@H](COCc3ccccc3)[C@@H]2OCc2ccccc2)O[C@H](COC(=O)c2ccccc2)[C@@H](O[C@@H]2O[C@H](COC(=O)c3ccccc3)[C@H](OC(=O)c3ccccc3)[C@H](OC(=O)c3ccccc3)[C@H]2OC(=O)c2ccccc2)[C@@H]1OC(=O)c1ccccc1)OCC(Cl)(Cl)Cl. The number of aliphatic hydroxyl groups is 1. The van der Waals surface area contributed by atoms with E-state index in [2.05, 4.69) is 5.32 Å². The van der Waals surface area contributed by atoms with Crippen LogP contribution >= 0.6 is 34.8 Å². The topological polar surface area (TPSA) is 290 Å². The molecule has 3 aliphatic heterocycles. The number of nitrogens with one attached hydrogen (secondary N) is 1. The molecule has 27 heteroatoms. The zero-order valence-electron chi connectivity index (χ0n) is 59.2. The zero-order valence-corrected chi connectivity index (χ0v) is 61.4. The second-order valence-electron chi connectivity index (χ2n) is 25.6. The zero-order chi connectivity index (χ0) is 77.5. The molecule has 0 aliphatic carbocycles. The van der Waals surface area contributed by atoms with Gasteiger partial charge in [0.1, 0.15) is 68.6 Å². The fraction of sp³-hybridized carbons (Fsp3) is 0.274. The van der Waals surface area contributed by atoms with Gasteiger partial charge in [-0.1, -0.05) is 235 Å². The predicted octanol–water partition coefficient (Wildman–Crippen LogP) is 12.4. The summed E-state index contributed by atoms with van der Waals surface area (Å²) in [6.45, 7) is -3.10. The first-order valence-corrected chi connectivity index (χ1v) is 36.5. The van der Waals surface area contributed by atoms with Crippen LogP contribution in [0, 0.1) is 0 Å². The number of halogens is 3. The van der Waals surface area contributed by atoms with Gasteiger partial charge in [0.05, 0.1) is 59.8 Å². The van der Waals surface area contributed by atoms with E-state index in [4.69, 9.17) is 106 Å². The lowest BCUT2D eigenvalue weighted by Crippen LogP contribution is -2.71. The van der Waals surface area contributed by atoms with Crippen molar-refractivity contribution in [2.45, 2.75) is 116 Å². The van der Waals surface area contributed by atoms with Crippen molar-refractivity contribution in [2.24, 2.45) is 0 Å². The standard InChI is InChI=1S/C84H76Cl3NO23/c85-84(86,87)52-102-83(96)88-65-69(107-77(92)59-40-22-7-23-41-59)67(110-82-73(109-79(94)61-44-26-9-27-45-61)71(108-78(93)60-42-24-8-25-43-60)68(106-76(91)58-38-20-6-21-39-58)64(105-82)51-101-75(90)57-36-18-5-19-37-57)63(50-100-74(89)56-34-16-4-17-35-56)104-81(65)111-70-66(98-47-54-30-12-2-13-31-54)62(49-97-46-53-28-10-1-11-29-53)103-80(95)72(70)99-48-55-32-14-3-15-33-55/h1-45,62-73,80-82,95H,46-52H2,(H,88,96)/t62-,63-,64-,65-,66+,67-,68+,69-,70+,71+,72-,73-,80-,81+,82+/m1/s1. The molecule has 0 aromatic heterocycles. The van der Waals surface area contributed by atoms with Crippen LogP contribution in [-0.4, -0.2) is 169 Å². The van der Waals surface area contributed by atoms with E-state index in [0.717, 1.165) is 5.56 Å². The summed E-state index contributed by atoms with van der Waals surface area (Å²) in [5, 5.41) is 15.2. The molecule has 0 unspecified atom stereocenters. The van der Waals surface area contributed by atoms with Gasteiger partial charge in [-0.15, -0.1) is 0 Å². The normalized spacial score (nSPS) is 23.6. The summed E-state index contributed by atoms with van der Waals surface area (Å²) in [4.78, 5) is 104. The van der Waals surface area contributed by atoms with Gasteiger partial charge in [0.15, 0.2) is 43.3 Å². The predicted molar refractivity (Wildman–Crippen MR) is 399 cm³/mol. The van der Waals surface area contributed by atoms with Crippen molar-refractivity contribution in [3.63, 3.8) is 0 Å². The number of carbonyl (C=O) groups is 7. The van der Waals surface area contributed by atoms with Crippen LogP contribution in [0.1, 0.15) is 78.8 Å². The van der Waals surface area contributed by atoms with Crippen LogP contribution < -0.4 is 5.32 Å². The quantitative estimate of drug-likeness (QED) is 0.0240. The lowest BCUT2D eigenvalue weighted by atomic mass is 9.93. The number of alkyl carbamates (subject to hydrolysis) is 1. The second kappa shape index (κ2) is 39.5. The maximum atomic E-state index is 15.4. The number of hydrogen-bond donors (Lipinski definition) is 2. The Balaban J connectivity index is 1.03. The highest BCUT2D eigenvalue weighted by atomic mass is 35.6. The highest BCUT2D eigenvalue weighted by Gasteiger charge is 2.60. The summed E-state index contributed by atoms with van der Waals surface area (Å²) in [5.41, 5.74) is 2.03. The molecular formula is C84H76Cl3NO23. The largest absolute Gasteiger partial charge is 0.459 e. The minimum atomic E-state index is -2.24. The van der Waals surface area contributed by atoms with Gasteiger partial charge in [0.25, 0.3) is 0 Å². The van der Waals surface area contributed by atoms with Gasteiger partial charge >= 0.3 is 41.9 Å². The molecule has 0 radical (unpaired) electrons. The van der Waals surface area contributed by atoms with E-state index >= 15 is 9.59 Å². The fourth-order valence-electron chi connectivity index (χ4n) is 12.4. The summed E-state index contributed by atoms with van der Waals surface area (Å²) in [5.74, 6) is -6.12.